The third-order valence-electron chi connectivity index (χ3n) is 5.79. The molecule has 1 fully saturated rings. The largest absolute Gasteiger partial charge is 0.372 e. The van der Waals surface area contributed by atoms with Gasteiger partial charge in [0.25, 0.3) is 0 Å². The van der Waals surface area contributed by atoms with Gasteiger partial charge in [0.05, 0.1) is 17.1 Å². The molecule has 2 heterocycles. The van der Waals surface area contributed by atoms with Gasteiger partial charge < -0.3 is 9.64 Å². The predicted molar refractivity (Wildman–Crippen MR) is 130 cm³/mol. The van der Waals surface area contributed by atoms with Crippen molar-refractivity contribution in [3.05, 3.63) is 51.0 Å². The zero-order valence-electron chi connectivity index (χ0n) is 20.9. The highest BCUT2D eigenvalue weighted by Gasteiger charge is 2.42. The number of sulfone groups is 1. The molecule has 196 valence electrons. The Kier molecular flexibility index (Phi) is 7.75. The summed E-state index contributed by atoms with van der Waals surface area (Å²) in [5, 5.41) is 10.3. The molecule has 0 saturated carbocycles. The van der Waals surface area contributed by atoms with Crippen LogP contribution in [0.2, 0.25) is 0 Å². The van der Waals surface area contributed by atoms with E-state index in [0.29, 0.717) is 0 Å². The molecular formula is C23H29F2N5O5S. The first-order valence-electron chi connectivity index (χ1n) is 11.3. The van der Waals surface area contributed by atoms with Crippen LogP contribution in [-0.4, -0.2) is 61.9 Å². The van der Waals surface area contributed by atoms with E-state index in [2.05, 4.69) is 15.0 Å². The number of halogens is 2. The lowest BCUT2D eigenvalue weighted by Gasteiger charge is -2.38. The van der Waals surface area contributed by atoms with Gasteiger partial charge in [-0.1, -0.05) is 19.9 Å². The second-order valence-electron chi connectivity index (χ2n) is 9.42. The van der Waals surface area contributed by atoms with Crippen molar-refractivity contribution >= 4 is 27.6 Å². The topological polar surface area (TPSA) is 128 Å². The van der Waals surface area contributed by atoms with Gasteiger partial charge in [0.15, 0.2) is 9.84 Å². The summed E-state index contributed by atoms with van der Waals surface area (Å²) in [5.74, 6) is -3.04. The van der Waals surface area contributed by atoms with Crippen LogP contribution in [0.15, 0.2) is 22.0 Å². The molecule has 3 rings (SSSR count). The second-order valence-corrected chi connectivity index (χ2v) is 11.4. The lowest BCUT2D eigenvalue weighted by molar-refractivity contribution is -0.385. The first kappa shape index (κ1) is 27.5. The van der Waals surface area contributed by atoms with Crippen LogP contribution in [0.3, 0.4) is 0 Å². The number of hydrogen-bond donors (Lipinski definition) is 0. The van der Waals surface area contributed by atoms with E-state index < -0.39 is 59.4 Å². The lowest BCUT2D eigenvalue weighted by Crippen LogP contribution is -2.49. The summed E-state index contributed by atoms with van der Waals surface area (Å²) in [6.45, 7) is 9.10. The van der Waals surface area contributed by atoms with Crippen LogP contribution in [0, 0.1) is 28.7 Å². The molecule has 1 saturated heterocycles. The van der Waals surface area contributed by atoms with Crippen LogP contribution < -0.4 is 4.90 Å². The van der Waals surface area contributed by atoms with Crippen molar-refractivity contribution in [1.29, 1.82) is 0 Å². The van der Waals surface area contributed by atoms with E-state index in [-0.39, 0.29) is 36.9 Å². The molecule has 0 aliphatic carbocycles. The van der Waals surface area contributed by atoms with Crippen LogP contribution in [0.25, 0.3) is 0 Å². The van der Waals surface area contributed by atoms with E-state index in [4.69, 9.17) is 4.74 Å². The standard InChI is InChI=1S/C23H29F2N5O5S/c1-13(2)15-7-8-16(24)21(18(15)25)36(33,34)17(11-26-6)19-20(30(31)32)22(28-14(3)27-19)29-9-10-35-23(4,5)12-29/h7-8,11,13,17H,9-10,12H2,1-6H3. The number of aryl methyl sites for hydroxylation is 1. The zero-order valence-corrected chi connectivity index (χ0v) is 21.8. The maximum Gasteiger partial charge on any atom is 0.334 e. The van der Waals surface area contributed by atoms with E-state index in [1.165, 1.54) is 20.0 Å². The molecule has 36 heavy (non-hydrogen) atoms. The van der Waals surface area contributed by atoms with Gasteiger partial charge in [-0.2, -0.15) is 0 Å². The minimum Gasteiger partial charge on any atom is -0.372 e. The molecule has 2 aromatic rings. The molecule has 0 radical (unpaired) electrons. The molecule has 13 heteroatoms. The highest BCUT2D eigenvalue weighted by atomic mass is 32.2. The van der Waals surface area contributed by atoms with Crippen LogP contribution in [0.4, 0.5) is 20.3 Å². The summed E-state index contributed by atoms with van der Waals surface area (Å²) in [6, 6.07) is 2.04. The maximum atomic E-state index is 15.3. The van der Waals surface area contributed by atoms with Gasteiger partial charge >= 0.3 is 5.69 Å². The average molecular weight is 526 g/mol. The van der Waals surface area contributed by atoms with Crippen molar-refractivity contribution < 1.29 is 26.9 Å². The number of aromatic nitrogens is 2. The number of anilines is 1. The molecule has 1 aromatic heterocycles. The third kappa shape index (κ3) is 5.21. The Morgan fingerprint density at radius 1 is 1.28 bits per heavy atom. The molecule has 1 aliphatic heterocycles. The van der Waals surface area contributed by atoms with Gasteiger partial charge in [-0.3, -0.25) is 15.1 Å². The first-order chi connectivity index (χ1) is 16.7. The van der Waals surface area contributed by atoms with Crippen LogP contribution in [-0.2, 0) is 14.6 Å². The van der Waals surface area contributed by atoms with Crippen LogP contribution >= 0.6 is 0 Å². The number of ether oxygens (including phenoxy) is 1. The Morgan fingerprint density at radius 2 is 1.94 bits per heavy atom. The van der Waals surface area contributed by atoms with E-state index in [9.17, 15) is 22.9 Å². The minimum atomic E-state index is -4.91. The Morgan fingerprint density at radius 3 is 2.50 bits per heavy atom. The predicted octanol–water partition coefficient (Wildman–Crippen LogP) is 3.93. The number of hydrogen-bond acceptors (Lipinski definition) is 9. The first-order valence-corrected chi connectivity index (χ1v) is 12.8. The number of nitro groups is 1. The Bertz CT molecular complexity index is 1310. The zero-order chi connectivity index (χ0) is 27.0. The van der Waals surface area contributed by atoms with Crippen molar-refractivity contribution in [2.75, 3.05) is 31.6 Å². The number of rotatable bonds is 7. The Balaban J connectivity index is 2.31. The van der Waals surface area contributed by atoms with Gasteiger partial charge in [0.1, 0.15) is 33.3 Å². The monoisotopic (exact) mass is 525 g/mol. The van der Waals surface area contributed by atoms with Gasteiger partial charge in [-0.15, -0.1) is 0 Å². The summed E-state index contributed by atoms with van der Waals surface area (Å²) < 4.78 is 63.3. The van der Waals surface area contributed by atoms with Gasteiger partial charge in [-0.05, 0) is 38.3 Å². The number of morpholine rings is 1. The maximum absolute atomic E-state index is 15.3. The fourth-order valence-electron chi connectivity index (χ4n) is 4.18. The van der Waals surface area contributed by atoms with Crippen molar-refractivity contribution in [3.8, 4) is 0 Å². The molecule has 0 N–H and O–H groups in total. The van der Waals surface area contributed by atoms with E-state index >= 15 is 4.39 Å². The molecule has 0 bridgehead atoms. The highest BCUT2D eigenvalue weighted by molar-refractivity contribution is 7.92. The van der Waals surface area contributed by atoms with E-state index in [0.717, 1.165) is 12.3 Å². The van der Waals surface area contributed by atoms with E-state index in [1.807, 2.05) is 13.8 Å². The fraction of sp³-hybridized carbons (Fsp3) is 0.522. The summed E-state index contributed by atoms with van der Waals surface area (Å²) >= 11 is 0. The molecule has 0 spiro atoms. The smallest absolute Gasteiger partial charge is 0.334 e. The third-order valence-corrected chi connectivity index (χ3v) is 7.74. The van der Waals surface area contributed by atoms with Crippen LogP contribution in [0.1, 0.15) is 55.9 Å². The summed E-state index contributed by atoms with van der Waals surface area (Å²) in [4.78, 5) is 24.0. The fourth-order valence-corrected chi connectivity index (χ4v) is 5.88. The molecule has 1 atom stereocenters. The molecule has 0 amide bonds. The highest BCUT2D eigenvalue weighted by Crippen LogP contribution is 2.40. The van der Waals surface area contributed by atoms with Crippen molar-refractivity contribution in [2.45, 2.75) is 56.3 Å². The number of nitrogens with zero attached hydrogens (tertiary/aromatic N) is 5. The second kappa shape index (κ2) is 10.1. The van der Waals surface area contributed by atoms with Crippen LogP contribution in [0.5, 0.6) is 0 Å². The van der Waals surface area contributed by atoms with Crippen molar-refractivity contribution in [1.82, 2.24) is 9.97 Å². The summed E-state index contributed by atoms with van der Waals surface area (Å²) in [5.41, 5.74) is -1.85. The number of benzene rings is 1. The Labute approximate surface area is 208 Å². The van der Waals surface area contributed by atoms with Crippen molar-refractivity contribution in [2.24, 2.45) is 4.99 Å². The molecule has 1 unspecified atom stereocenters. The Hall–Kier alpha value is -3.06. The van der Waals surface area contributed by atoms with E-state index in [1.54, 1.807) is 18.7 Å². The molecule has 1 aromatic carbocycles. The minimum absolute atomic E-state index is 0.00762. The van der Waals surface area contributed by atoms with Gasteiger partial charge in [-0.25, -0.2) is 27.2 Å². The number of aliphatic imine (C=N–C) groups is 1. The SMILES string of the molecule is CN=CC(c1nc(C)nc(N2CCOC(C)(C)C2)c1[N+](=O)[O-])S(=O)(=O)c1c(F)ccc(C(C)C)c1F. The quantitative estimate of drug-likeness (QED) is 0.302. The van der Waals surface area contributed by atoms with Crippen molar-refractivity contribution in [3.63, 3.8) is 0 Å². The molecular weight excluding hydrogens is 496 g/mol. The van der Waals surface area contributed by atoms with Gasteiger partial charge in [0.2, 0.25) is 5.82 Å². The summed E-state index contributed by atoms with van der Waals surface area (Å²) in [6.07, 6.45) is 0.887. The molecule has 1 aliphatic rings. The van der Waals surface area contributed by atoms with Gasteiger partial charge in [0, 0.05) is 26.4 Å². The molecule has 10 nitrogen and oxygen atoms in total. The normalized spacial score (nSPS) is 17.1. The summed E-state index contributed by atoms with van der Waals surface area (Å²) in [7, 11) is -3.66. The average Bonchev–Trinajstić information content (AvgIpc) is 2.75. The lowest BCUT2D eigenvalue weighted by atomic mass is 10.0.